The van der Waals surface area contributed by atoms with Gasteiger partial charge in [-0.15, -0.1) is 0 Å². The molecule has 1 unspecified atom stereocenters. The Bertz CT molecular complexity index is 1630. The standard InChI is InChI=1S/C33H32FN5O5/c34-27-14-22(26(18-40)21-10-12-38(13-11-21)30-8-4-20(15-35)16-36-30)5-6-23(27)19-44-29-3-1-2-24-25(29)17-39(33(24)43)28-7-9-31(41)37-32(28)42/h1-6,8,14,16,21,26,28,40H,7,9-13,17-19H2,(H,37,41,42)/t26?,28-/m0/s1. The largest absolute Gasteiger partial charge is 0.488 e. The first-order valence-electron chi connectivity index (χ1n) is 14.8. The van der Waals surface area contributed by atoms with Crippen molar-refractivity contribution in [3.63, 3.8) is 0 Å². The second kappa shape index (κ2) is 12.4. The van der Waals surface area contributed by atoms with Crippen LogP contribution >= 0.6 is 0 Å². The molecule has 0 saturated carbocycles. The lowest BCUT2D eigenvalue weighted by Crippen LogP contribution is -2.52. The number of aliphatic hydroxyl groups is 1. The molecule has 44 heavy (non-hydrogen) atoms. The van der Waals surface area contributed by atoms with Crippen LogP contribution in [0.4, 0.5) is 10.2 Å². The van der Waals surface area contributed by atoms with E-state index >= 15 is 4.39 Å². The predicted molar refractivity (Wildman–Crippen MR) is 157 cm³/mol. The molecule has 2 N–H and O–H groups in total. The summed E-state index contributed by atoms with van der Waals surface area (Å²) in [4.78, 5) is 45.0. The van der Waals surface area contributed by atoms with Crippen LogP contribution in [0, 0.1) is 23.1 Å². The van der Waals surface area contributed by atoms with E-state index in [0.29, 0.717) is 28.0 Å². The van der Waals surface area contributed by atoms with Gasteiger partial charge >= 0.3 is 0 Å². The lowest BCUT2D eigenvalue weighted by molar-refractivity contribution is -0.136. The number of aliphatic hydroxyl groups excluding tert-OH is 1. The van der Waals surface area contributed by atoms with Gasteiger partial charge in [0.1, 0.15) is 36.1 Å². The monoisotopic (exact) mass is 597 g/mol. The third-order valence-electron chi connectivity index (χ3n) is 8.93. The third-order valence-corrected chi connectivity index (χ3v) is 8.93. The topological polar surface area (TPSA) is 136 Å². The lowest BCUT2D eigenvalue weighted by Gasteiger charge is -2.36. The number of ether oxygens (including phenoxy) is 1. The molecule has 11 heteroatoms. The number of benzene rings is 2. The number of piperidine rings is 2. The maximum Gasteiger partial charge on any atom is 0.255 e. The summed E-state index contributed by atoms with van der Waals surface area (Å²) in [6, 6.07) is 15.0. The van der Waals surface area contributed by atoms with Gasteiger partial charge < -0.3 is 19.6 Å². The molecule has 0 spiro atoms. The molecule has 3 amide bonds. The predicted octanol–water partition coefficient (Wildman–Crippen LogP) is 3.42. The molecule has 4 heterocycles. The average molecular weight is 598 g/mol. The maximum atomic E-state index is 15.3. The van der Waals surface area contributed by atoms with Crippen LogP contribution in [0.1, 0.15) is 64.2 Å². The number of hydrogen-bond acceptors (Lipinski definition) is 8. The summed E-state index contributed by atoms with van der Waals surface area (Å²) in [5.41, 5.74) is 2.64. The van der Waals surface area contributed by atoms with Gasteiger partial charge in [-0.1, -0.05) is 18.2 Å². The van der Waals surface area contributed by atoms with Crippen molar-refractivity contribution in [2.75, 3.05) is 24.6 Å². The number of fused-ring (bicyclic) bond motifs is 1. The first-order valence-corrected chi connectivity index (χ1v) is 14.8. The molecule has 2 saturated heterocycles. The molecule has 1 aromatic heterocycles. The van der Waals surface area contributed by atoms with Crippen LogP contribution in [-0.4, -0.2) is 58.5 Å². The number of aromatic nitrogens is 1. The highest BCUT2D eigenvalue weighted by molar-refractivity contribution is 6.05. The molecule has 226 valence electrons. The summed E-state index contributed by atoms with van der Waals surface area (Å²) >= 11 is 0. The van der Waals surface area contributed by atoms with Crippen molar-refractivity contribution in [2.45, 2.75) is 50.8 Å². The number of hydrogen-bond donors (Lipinski definition) is 2. The van der Waals surface area contributed by atoms with E-state index in [4.69, 9.17) is 10.00 Å². The van der Waals surface area contributed by atoms with Crippen molar-refractivity contribution in [3.8, 4) is 11.8 Å². The Hall–Kier alpha value is -4.82. The van der Waals surface area contributed by atoms with E-state index in [9.17, 15) is 19.5 Å². The van der Waals surface area contributed by atoms with Crippen molar-refractivity contribution >= 4 is 23.5 Å². The van der Waals surface area contributed by atoms with Gasteiger partial charge in [-0.2, -0.15) is 5.26 Å². The highest BCUT2D eigenvalue weighted by Gasteiger charge is 2.40. The summed E-state index contributed by atoms with van der Waals surface area (Å²) in [6.07, 6.45) is 3.62. The maximum absolute atomic E-state index is 15.3. The number of rotatable bonds is 8. The van der Waals surface area contributed by atoms with Crippen molar-refractivity contribution in [2.24, 2.45) is 5.92 Å². The molecular weight excluding hydrogens is 565 g/mol. The molecule has 0 radical (unpaired) electrons. The fraction of sp³-hybridized carbons (Fsp3) is 0.364. The number of imide groups is 1. The van der Waals surface area contributed by atoms with Gasteiger partial charge in [-0.3, -0.25) is 19.7 Å². The Morgan fingerprint density at radius 2 is 1.93 bits per heavy atom. The zero-order chi connectivity index (χ0) is 30.8. The van der Waals surface area contributed by atoms with Crippen LogP contribution in [0.15, 0.2) is 54.7 Å². The molecule has 2 fully saturated rings. The highest BCUT2D eigenvalue weighted by Crippen LogP contribution is 2.36. The molecule has 6 rings (SSSR count). The molecule has 3 aliphatic rings. The number of amides is 3. The van der Waals surface area contributed by atoms with Crippen molar-refractivity contribution in [3.05, 3.63) is 88.4 Å². The molecule has 10 nitrogen and oxygen atoms in total. The quantitative estimate of drug-likeness (QED) is 0.377. The van der Waals surface area contributed by atoms with Crippen LogP contribution in [0.2, 0.25) is 0 Å². The Morgan fingerprint density at radius 3 is 2.61 bits per heavy atom. The van der Waals surface area contributed by atoms with E-state index in [1.807, 2.05) is 12.1 Å². The third kappa shape index (κ3) is 5.73. The number of nitriles is 1. The summed E-state index contributed by atoms with van der Waals surface area (Å²) in [5.74, 6) is -0.354. The van der Waals surface area contributed by atoms with Crippen LogP contribution in [0.25, 0.3) is 0 Å². The molecule has 3 aromatic rings. The van der Waals surface area contributed by atoms with E-state index in [2.05, 4.69) is 21.3 Å². The second-order valence-corrected chi connectivity index (χ2v) is 11.5. The smallest absolute Gasteiger partial charge is 0.255 e. The van der Waals surface area contributed by atoms with Gasteiger partial charge in [0.25, 0.3) is 5.91 Å². The van der Waals surface area contributed by atoms with Crippen LogP contribution < -0.4 is 15.0 Å². The summed E-state index contributed by atoms with van der Waals surface area (Å²) in [5, 5.41) is 21.6. The zero-order valence-corrected chi connectivity index (χ0v) is 24.0. The normalized spacial score (nSPS) is 19.4. The summed E-state index contributed by atoms with van der Waals surface area (Å²) in [7, 11) is 0. The van der Waals surface area contributed by atoms with E-state index in [1.54, 1.807) is 36.5 Å². The Morgan fingerprint density at radius 1 is 1.11 bits per heavy atom. The number of anilines is 1. The number of carbonyl (C=O) groups excluding carboxylic acids is 3. The van der Waals surface area contributed by atoms with Gasteiger partial charge in [0.05, 0.1) is 18.7 Å². The first kappa shape index (κ1) is 29.3. The Labute approximate surface area is 254 Å². The number of nitrogens with zero attached hydrogens (tertiary/aromatic N) is 4. The number of carbonyl (C=O) groups is 3. The van der Waals surface area contributed by atoms with Crippen molar-refractivity contribution in [1.29, 1.82) is 5.26 Å². The first-order chi connectivity index (χ1) is 21.4. The van der Waals surface area contributed by atoms with E-state index in [0.717, 1.165) is 37.3 Å². The number of nitrogens with one attached hydrogen (secondary N) is 1. The molecule has 2 atom stereocenters. The number of halogens is 1. The Kier molecular flexibility index (Phi) is 8.26. The van der Waals surface area contributed by atoms with Crippen LogP contribution in [-0.2, 0) is 22.7 Å². The minimum absolute atomic E-state index is 0.0606. The second-order valence-electron chi connectivity index (χ2n) is 11.5. The Balaban J connectivity index is 1.09. The van der Waals surface area contributed by atoms with Crippen LogP contribution in [0.5, 0.6) is 5.75 Å². The average Bonchev–Trinajstić information content (AvgIpc) is 3.38. The molecule has 0 aliphatic carbocycles. The van der Waals surface area contributed by atoms with Crippen molar-refractivity contribution < 1.29 is 28.6 Å². The van der Waals surface area contributed by atoms with Crippen molar-refractivity contribution in [1.82, 2.24) is 15.2 Å². The molecular formula is C33H32FN5O5. The van der Waals surface area contributed by atoms with Crippen LogP contribution in [0.3, 0.4) is 0 Å². The van der Waals surface area contributed by atoms with Gasteiger partial charge in [0.15, 0.2) is 0 Å². The van der Waals surface area contributed by atoms with Gasteiger partial charge in [0.2, 0.25) is 11.8 Å². The minimum Gasteiger partial charge on any atom is -0.488 e. The lowest BCUT2D eigenvalue weighted by atomic mass is 9.80. The van der Waals surface area contributed by atoms with E-state index in [1.165, 1.54) is 11.0 Å². The fourth-order valence-corrected chi connectivity index (χ4v) is 6.46. The van der Waals surface area contributed by atoms with Gasteiger partial charge in [-0.25, -0.2) is 9.37 Å². The fourth-order valence-electron chi connectivity index (χ4n) is 6.46. The summed E-state index contributed by atoms with van der Waals surface area (Å²) in [6.45, 7) is 1.51. The molecule has 0 bridgehead atoms. The summed E-state index contributed by atoms with van der Waals surface area (Å²) < 4.78 is 21.3. The van der Waals surface area contributed by atoms with E-state index < -0.39 is 17.8 Å². The highest BCUT2D eigenvalue weighted by atomic mass is 19.1. The van der Waals surface area contributed by atoms with E-state index in [-0.39, 0.29) is 56.3 Å². The van der Waals surface area contributed by atoms with Gasteiger partial charge in [0, 0.05) is 48.3 Å². The zero-order valence-electron chi connectivity index (χ0n) is 24.0. The molecule has 2 aromatic carbocycles. The molecule has 3 aliphatic heterocycles. The number of pyridine rings is 1. The van der Waals surface area contributed by atoms with Gasteiger partial charge in [-0.05, 0) is 61.1 Å². The SMILES string of the molecule is N#Cc1ccc(N2CCC(C(CO)c3ccc(COc4cccc5c4CN([C@H]4CCC(=O)NC4=O)C5=O)c(F)c3)CC2)nc1. The minimum atomic E-state index is -0.732.